The van der Waals surface area contributed by atoms with Gasteiger partial charge in [-0.3, -0.25) is 0 Å². The highest BCUT2D eigenvalue weighted by molar-refractivity contribution is 6.18. The predicted molar refractivity (Wildman–Crippen MR) is 77.5 cm³/mol. The van der Waals surface area contributed by atoms with Gasteiger partial charge in [0.1, 0.15) is 0 Å². The SMILES string of the molecule is Cc1cccc(C(CCl)CCCC2CCCO2)c1. The molecule has 1 heterocycles. The number of hydrogen-bond donors (Lipinski definition) is 0. The Hall–Kier alpha value is -0.530. The van der Waals surface area contributed by atoms with Crippen LogP contribution in [0.5, 0.6) is 0 Å². The Morgan fingerprint density at radius 3 is 3.00 bits per heavy atom. The van der Waals surface area contributed by atoms with Gasteiger partial charge in [0.25, 0.3) is 0 Å². The number of aryl methyl sites for hydroxylation is 1. The van der Waals surface area contributed by atoms with E-state index in [1.165, 1.54) is 43.2 Å². The first-order valence-corrected chi connectivity index (χ1v) is 7.57. The maximum absolute atomic E-state index is 6.12. The molecule has 1 nitrogen and oxygen atoms in total. The van der Waals surface area contributed by atoms with Crippen LogP contribution >= 0.6 is 11.6 Å². The average molecular weight is 267 g/mol. The summed E-state index contributed by atoms with van der Waals surface area (Å²) in [6.45, 7) is 3.10. The van der Waals surface area contributed by atoms with Gasteiger partial charge in [-0.2, -0.15) is 0 Å². The van der Waals surface area contributed by atoms with Gasteiger partial charge in [0.2, 0.25) is 0 Å². The summed E-state index contributed by atoms with van der Waals surface area (Å²) in [5, 5.41) is 0. The predicted octanol–water partition coefficient (Wildman–Crippen LogP) is 4.67. The van der Waals surface area contributed by atoms with Crippen molar-refractivity contribution in [1.82, 2.24) is 0 Å². The summed E-state index contributed by atoms with van der Waals surface area (Å²) in [6, 6.07) is 8.73. The first-order valence-electron chi connectivity index (χ1n) is 7.03. The van der Waals surface area contributed by atoms with Gasteiger partial charge in [0, 0.05) is 12.5 Å². The Balaban J connectivity index is 1.81. The number of halogens is 1. The quantitative estimate of drug-likeness (QED) is 0.680. The van der Waals surface area contributed by atoms with Crippen LogP contribution in [0.1, 0.15) is 49.1 Å². The third kappa shape index (κ3) is 4.00. The van der Waals surface area contributed by atoms with Crippen LogP contribution in [0.4, 0.5) is 0 Å². The fourth-order valence-corrected chi connectivity index (χ4v) is 3.05. The lowest BCUT2D eigenvalue weighted by atomic mass is 9.93. The van der Waals surface area contributed by atoms with Crippen LogP contribution in [0.25, 0.3) is 0 Å². The molecule has 0 spiro atoms. The Labute approximate surface area is 115 Å². The summed E-state index contributed by atoms with van der Waals surface area (Å²) in [5.74, 6) is 1.21. The van der Waals surface area contributed by atoms with Gasteiger partial charge in [-0.1, -0.05) is 36.2 Å². The van der Waals surface area contributed by atoms with Gasteiger partial charge < -0.3 is 4.74 Å². The van der Waals surface area contributed by atoms with Crippen molar-refractivity contribution in [2.75, 3.05) is 12.5 Å². The first kappa shape index (κ1) is 13.9. The van der Waals surface area contributed by atoms with E-state index in [9.17, 15) is 0 Å². The molecule has 0 radical (unpaired) electrons. The smallest absolute Gasteiger partial charge is 0.0576 e. The van der Waals surface area contributed by atoms with Crippen LogP contribution in [-0.4, -0.2) is 18.6 Å². The fraction of sp³-hybridized carbons (Fsp3) is 0.625. The molecule has 2 rings (SSSR count). The number of benzene rings is 1. The highest BCUT2D eigenvalue weighted by Crippen LogP contribution is 2.26. The molecule has 0 aliphatic carbocycles. The lowest BCUT2D eigenvalue weighted by Gasteiger charge is -2.16. The summed E-state index contributed by atoms with van der Waals surface area (Å²) in [6.07, 6.45) is 6.58. The fourth-order valence-electron chi connectivity index (χ4n) is 2.72. The van der Waals surface area contributed by atoms with E-state index < -0.39 is 0 Å². The van der Waals surface area contributed by atoms with Crippen molar-refractivity contribution in [2.24, 2.45) is 0 Å². The van der Waals surface area contributed by atoms with E-state index in [4.69, 9.17) is 16.3 Å². The summed E-state index contributed by atoms with van der Waals surface area (Å²) >= 11 is 6.12. The van der Waals surface area contributed by atoms with Crippen LogP contribution in [0.3, 0.4) is 0 Å². The van der Waals surface area contributed by atoms with Crippen LogP contribution in [0.2, 0.25) is 0 Å². The zero-order chi connectivity index (χ0) is 12.8. The van der Waals surface area contributed by atoms with E-state index in [0.29, 0.717) is 12.0 Å². The Morgan fingerprint density at radius 2 is 2.33 bits per heavy atom. The molecule has 2 heteroatoms. The molecule has 1 aliphatic rings. The average Bonchev–Trinajstić information content (AvgIpc) is 2.88. The second-order valence-corrected chi connectivity index (χ2v) is 5.64. The molecule has 1 fully saturated rings. The minimum absolute atomic E-state index is 0.493. The molecule has 2 atom stereocenters. The number of rotatable bonds is 6. The third-order valence-electron chi connectivity index (χ3n) is 3.80. The zero-order valence-electron chi connectivity index (χ0n) is 11.2. The minimum Gasteiger partial charge on any atom is -0.378 e. The Kier molecular flexibility index (Phi) is 5.52. The van der Waals surface area contributed by atoms with E-state index in [2.05, 4.69) is 31.2 Å². The molecule has 0 aromatic heterocycles. The number of alkyl halides is 1. The monoisotopic (exact) mass is 266 g/mol. The van der Waals surface area contributed by atoms with Crippen molar-refractivity contribution < 1.29 is 4.74 Å². The summed E-state index contributed by atoms with van der Waals surface area (Å²) in [5.41, 5.74) is 2.71. The molecule has 1 aliphatic heterocycles. The molecule has 0 N–H and O–H groups in total. The summed E-state index contributed by atoms with van der Waals surface area (Å²) in [4.78, 5) is 0. The van der Waals surface area contributed by atoms with Gasteiger partial charge >= 0.3 is 0 Å². The minimum atomic E-state index is 0.493. The van der Waals surface area contributed by atoms with Gasteiger partial charge in [-0.25, -0.2) is 0 Å². The van der Waals surface area contributed by atoms with Crippen LogP contribution in [0, 0.1) is 6.92 Å². The van der Waals surface area contributed by atoms with Crippen LogP contribution in [-0.2, 0) is 4.74 Å². The molecule has 2 unspecified atom stereocenters. The van der Waals surface area contributed by atoms with E-state index >= 15 is 0 Å². The molecular weight excluding hydrogens is 244 g/mol. The van der Waals surface area contributed by atoms with Crippen LogP contribution < -0.4 is 0 Å². The highest BCUT2D eigenvalue weighted by Gasteiger charge is 2.16. The lowest BCUT2D eigenvalue weighted by Crippen LogP contribution is -2.07. The maximum atomic E-state index is 6.12. The van der Waals surface area contributed by atoms with Gasteiger partial charge in [-0.05, 0) is 44.1 Å². The Bertz CT molecular complexity index is 358. The molecule has 18 heavy (non-hydrogen) atoms. The second kappa shape index (κ2) is 7.16. The maximum Gasteiger partial charge on any atom is 0.0576 e. The second-order valence-electron chi connectivity index (χ2n) is 5.33. The third-order valence-corrected chi connectivity index (χ3v) is 4.17. The van der Waals surface area contributed by atoms with Gasteiger partial charge in [-0.15, -0.1) is 11.6 Å². The van der Waals surface area contributed by atoms with Crippen molar-refractivity contribution in [2.45, 2.75) is 51.0 Å². The molecule has 100 valence electrons. The normalized spacial score (nSPS) is 21.1. The zero-order valence-corrected chi connectivity index (χ0v) is 12.0. The topological polar surface area (TPSA) is 9.23 Å². The molecule has 1 aromatic rings. The summed E-state index contributed by atoms with van der Waals surface area (Å²) in [7, 11) is 0. The number of ether oxygens (including phenoxy) is 1. The van der Waals surface area contributed by atoms with E-state index in [1.807, 2.05) is 0 Å². The lowest BCUT2D eigenvalue weighted by molar-refractivity contribution is 0.102. The largest absolute Gasteiger partial charge is 0.378 e. The molecule has 0 saturated carbocycles. The first-order chi connectivity index (χ1) is 8.79. The van der Waals surface area contributed by atoms with Crippen molar-refractivity contribution in [3.05, 3.63) is 35.4 Å². The van der Waals surface area contributed by atoms with Crippen molar-refractivity contribution >= 4 is 11.6 Å². The van der Waals surface area contributed by atoms with Crippen LogP contribution in [0.15, 0.2) is 24.3 Å². The van der Waals surface area contributed by atoms with Crippen molar-refractivity contribution in [1.29, 1.82) is 0 Å². The van der Waals surface area contributed by atoms with Gasteiger partial charge in [0.15, 0.2) is 0 Å². The number of hydrogen-bond acceptors (Lipinski definition) is 1. The molecule has 0 bridgehead atoms. The van der Waals surface area contributed by atoms with Gasteiger partial charge in [0.05, 0.1) is 6.10 Å². The molecular formula is C16H23ClO. The highest BCUT2D eigenvalue weighted by atomic mass is 35.5. The van der Waals surface area contributed by atoms with E-state index in [-0.39, 0.29) is 0 Å². The van der Waals surface area contributed by atoms with E-state index in [0.717, 1.165) is 12.5 Å². The molecule has 0 amide bonds. The molecule has 1 saturated heterocycles. The van der Waals surface area contributed by atoms with Crippen molar-refractivity contribution in [3.8, 4) is 0 Å². The van der Waals surface area contributed by atoms with E-state index in [1.54, 1.807) is 0 Å². The molecule has 1 aromatic carbocycles. The van der Waals surface area contributed by atoms with Crippen molar-refractivity contribution in [3.63, 3.8) is 0 Å². The summed E-state index contributed by atoms with van der Waals surface area (Å²) < 4.78 is 5.66. The Morgan fingerprint density at radius 1 is 1.44 bits per heavy atom. The standard InChI is InChI=1S/C16H23ClO/c1-13-5-2-6-14(11-13)15(12-17)7-3-8-16-9-4-10-18-16/h2,5-6,11,15-16H,3-4,7-10,12H2,1H3.